The lowest BCUT2D eigenvalue weighted by Gasteiger charge is -2.06. The standard InChI is InChI=1S/C12H12FNO4/c13-6-5-8(15)7-11(16)14-9-3-1-2-4-10(9)18-12(14)17/h1-4,8,15H,5-7H2. The lowest BCUT2D eigenvalue weighted by atomic mass is 10.2. The number of rotatable bonds is 4. The largest absolute Gasteiger partial charge is 0.426 e. The molecule has 1 aromatic heterocycles. The first-order chi connectivity index (χ1) is 8.63. The number of oxazole rings is 1. The first-order valence-electron chi connectivity index (χ1n) is 5.51. The van der Waals surface area contributed by atoms with Crippen LogP contribution >= 0.6 is 0 Å². The lowest BCUT2D eigenvalue weighted by molar-refractivity contribution is 0.0774. The molecule has 1 N–H and O–H groups in total. The van der Waals surface area contributed by atoms with E-state index in [4.69, 9.17) is 4.42 Å². The van der Waals surface area contributed by atoms with Gasteiger partial charge in [0.2, 0.25) is 5.91 Å². The van der Waals surface area contributed by atoms with Gasteiger partial charge in [-0.1, -0.05) is 12.1 Å². The van der Waals surface area contributed by atoms with Crippen molar-refractivity contribution in [2.24, 2.45) is 0 Å². The molecule has 2 aromatic rings. The van der Waals surface area contributed by atoms with Gasteiger partial charge in [0.25, 0.3) is 0 Å². The number of carbonyl (C=O) groups is 1. The summed E-state index contributed by atoms with van der Waals surface area (Å²) in [5.41, 5.74) is 0.649. The first-order valence-corrected chi connectivity index (χ1v) is 5.51. The zero-order valence-corrected chi connectivity index (χ0v) is 9.51. The molecule has 0 saturated carbocycles. The maximum absolute atomic E-state index is 12.0. The van der Waals surface area contributed by atoms with E-state index >= 15 is 0 Å². The summed E-state index contributed by atoms with van der Waals surface area (Å²) in [5.74, 6) is -1.40. The summed E-state index contributed by atoms with van der Waals surface area (Å²) in [4.78, 5) is 23.4. The van der Waals surface area contributed by atoms with Crippen LogP contribution in [0.25, 0.3) is 11.1 Å². The molecule has 6 heteroatoms. The molecule has 0 aliphatic rings. The summed E-state index contributed by atoms with van der Waals surface area (Å²) in [5, 5.41) is 9.37. The van der Waals surface area contributed by atoms with Gasteiger partial charge in [-0.25, -0.2) is 9.36 Å². The molecule has 5 nitrogen and oxygen atoms in total. The summed E-state index contributed by atoms with van der Waals surface area (Å²) in [6, 6.07) is 6.48. The van der Waals surface area contributed by atoms with Crippen molar-refractivity contribution in [1.82, 2.24) is 4.57 Å². The Hall–Kier alpha value is -1.95. The number of alkyl halides is 1. The smallest absolute Gasteiger partial charge is 0.407 e. The highest BCUT2D eigenvalue weighted by Gasteiger charge is 2.18. The Morgan fingerprint density at radius 1 is 1.44 bits per heavy atom. The fraction of sp³-hybridized carbons (Fsp3) is 0.333. The van der Waals surface area contributed by atoms with Crippen molar-refractivity contribution in [3.63, 3.8) is 0 Å². The topological polar surface area (TPSA) is 72.4 Å². The molecule has 1 aromatic carbocycles. The molecule has 18 heavy (non-hydrogen) atoms. The van der Waals surface area contributed by atoms with Gasteiger partial charge in [0.1, 0.15) is 0 Å². The number of hydrogen-bond donors (Lipinski definition) is 1. The molecule has 0 radical (unpaired) electrons. The van der Waals surface area contributed by atoms with E-state index in [1.165, 1.54) is 0 Å². The SMILES string of the molecule is O=C(CC(O)CCF)n1c(=O)oc2ccccc21. The number of para-hydroxylation sites is 2. The zero-order chi connectivity index (χ0) is 13.1. The van der Waals surface area contributed by atoms with Gasteiger partial charge in [-0.3, -0.25) is 9.18 Å². The summed E-state index contributed by atoms with van der Waals surface area (Å²) in [6.45, 7) is -0.713. The van der Waals surface area contributed by atoms with E-state index in [-0.39, 0.29) is 12.8 Å². The van der Waals surface area contributed by atoms with Crippen LogP contribution in [-0.4, -0.2) is 28.4 Å². The average Bonchev–Trinajstić information content (AvgIpc) is 2.64. The molecule has 2 rings (SSSR count). The third-order valence-corrected chi connectivity index (χ3v) is 2.59. The molecule has 96 valence electrons. The normalized spacial score (nSPS) is 12.8. The Labute approximate surface area is 101 Å². The van der Waals surface area contributed by atoms with Crippen molar-refractivity contribution in [2.45, 2.75) is 18.9 Å². The number of hydrogen-bond acceptors (Lipinski definition) is 4. The highest BCUT2D eigenvalue weighted by molar-refractivity contribution is 5.89. The minimum Gasteiger partial charge on any atom is -0.407 e. The highest BCUT2D eigenvalue weighted by Crippen LogP contribution is 2.13. The summed E-state index contributed by atoms with van der Waals surface area (Å²) >= 11 is 0. The second kappa shape index (κ2) is 5.14. The van der Waals surface area contributed by atoms with Crippen molar-refractivity contribution >= 4 is 17.0 Å². The predicted molar refractivity (Wildman–Crippen MR) is 62.3 cm³/mol. The van der Waals surface area contributed by atoms with Crippen molar-refractivity contribution in [3.8, 4) is 0 Å². The molecule has 0 bridgehead atoms. The molecule has 0 fully saturated rings. The highest BCUT2D eigenvalue weighted by atomic mass is 19.1. The van der Waals surface area contributed by atoms with E-state index < -0.39 is 24.4 Å². The number of aliphatic hydroxyl groups excluding tert-OH is 1. The second-order valence-electron chi connectivity index (χ2n) is 3.90. The molecule has 0 spiro atoms. The van der Waals surface area contributed by atoms with Gasteiger partial charge >= 0.3 is 5.76 Å². The summed E-state index contributed by atoms with van der Waals surface area (Å²) in [6.07, 6.45) is -1.54. The lowest BCUT2D eigenvalue weighted by Crippen LogP contribution is -2.26. The van der Waals surface area contributed by atoms with Crippen molar-refractivity contribution < 1.29 is 18.7 Å². The minimum absolute atomic E-state index is 0.129. The van der Waals surface area contributed by atoms with Crippen molar-refractivity contribution in [1.29, 1.82) is 0 Å². The minimum atomic E-state index is -1.09. The van der Waals surface area contributed by atoms with Crippen LogP contribution in [0.5, 0.6) is 0 Å². The number of aromatic nitrogens is 1. The summed E-state index contributed by atoms with van der Waals surface area (Å²) < 4.78 is 17.8. The number of fused-ring (bicyclic) bond motifs is 1. The van der Waals surface area contributed by atoms with Gasteiger partial charge in [0.05, 0.1) is 24.7 Å². The third kappa shape index (κ3) is 2.33. The monoisotopic (exact) mass is 253 g/mol. The number of nitrogens with zero attached hydrogens (tertiary/aromatic N) is 1. The fourth-order valence-electron chi connectivity index (χ4n) is 1.72. The Kier molecular flexibility index (Phi) is 3.57. The third-order valence-electron chi connectivity index (χ3n) is 2.59. The van der Waals surface area contributed by atoms with Crippen LogP contribution in [0.2, 0.25) is 0 Å². The van der Waals surface area contributed by atoms with Crippen LogP contribution in [0, 0.1) is 0 Å². The molecule has 0 amide bonds. The van der Waals surface area contributed by atoms with Gasteiger partial charge < -0.3 is 9.52 Å². The maximum Gasteiger partial charge on any atom is 0.426 e. The van der Waals surface area contributed by atoms with Gasteiger partial charge in [-0.15, -0.1) is 0 Å². The molecular formula is C12H12FNO4. The van der Waals surface area contributed by atoms with E-state index in [0.717, 1.165) is 4.57 Å². The summed E-state index contributed by atoms with van der Waals surface area (Å²) in [7, 11) is 0. The van der Waals surface area contributed by atoms with E-state index in [9.17, 15) is 19.1 Å². The van der Waals surface area contributed by atoms with E-state index in [0.29, 0.717) is 11.1 Å². The number of halogens is 1. The van der Waals surface area contributed by atoms with Gasteiger partial charge in [-0.2, -0.15) is 0 Å². The molecule has 0 saturated heterocycles. The molecule has 1 unspecified atom stereocenters. The number of benzene rings is 1. The quantitative estimate of drug-likeness (QED) is 0.892. The molecule has 1 heterocycles. The Bertz CT molecular complexity index is 616. The van der Waals surface area contributed by atoms with E-state index in [2.05, 4.69) is 0 Å². The second-order valence-corrected chi connectivity index (χ2v) is 3.90. The Balaban J connectivity index is 2.33. The van der Waals surface area contributed by atoms with Gasteiger partial charge in [0.15, 0.2) is 5.58 Å². The Morgan fingerprint density at radius 3 is 2.89 bits per heavy atom. The fourth-order valence-corrected chi connectivity index (χ4v) is 1.72. The number of aliphatic hydroxyl groups is 1. The number of carbonyl (C=O) groups excluding carboxylic acids is 1. The van der Waals surface area contributed by atoms with Crippen LogP contribution in [0.3, 0.4) is 0 Å². The first kappa shape index (κ1) is 12.5. The van der Waals surface area contributed by atoms with Gasteiger partial charge in [0, 0.05) is 6.42 Å². The maximum atomic E-state index is 12.0. The van der Waals surface area contributed by atoms with Crippen LogP contribution < -0.4 is 5.76 Å². The molecular weight excluding hydrogens is 241 g/mol. The van der Waals surface area contributed by atoms with Crippen LogP contribution in [0.15, 0.2) is 33.5 Å². The van der Waals surface area contributed by atoms with Crippen molar-refractivity contribution in [2.75, 3.05) is 6.67 Å². The average molecular weight is 253 g/mol. The van der Waals surface area contributed by atoms with Crippen LogP contribution in [0.1, 0.15) is 17.6 Å². The van der Waals surface area contributed by atoms with Crippen LogP contribution in [0.4, 0.5) is 4.39 Å². The Morgan fingerprint density at radius 2 is 2.17 bits per heavy atom. The van der Waals surface area contributed by atoms with E-state index in [1.807, 2.05) is 0 Å². The zero-order valence-electron chi connectivity index (χ0n) is 9.51. The molecule has 0 aliphatic carbocycles. The van der Waals surface area contributed by atoms with Gasteiger partial charge in [-0.05, 0) is 12.1 Å². The van der Waals surface area contributed by atoms with E-state index in [1.54, 1.807) is 24.3 Å². The molecule has 1 atom stereocenters. The predicted octanol–water partition coefficient (Wildman–Crippen LogP) is 1.35. The molecule has 0 aliphatic heterocycles. The van der Waals surface area contributed by atoms with Crippen molar-refractivity contribution in [3.05, 3.63) is 34.8 Å². The van der Waals surface area contributed by atoms with Crippen LogP contribution in [-0.2, 0) is 0 Å².